The lowest BCUT2D eigenvalue weighted by Crippen LogP contribution is -2.49. The van der Waals surface area contributed by atoms with E-state index >= 15 is 0 Å². The topological polar surface area (TPSA) is 114 Å². The van der Waals surface area contributed by atoms with Crippen LogP contribution in [0.15, 0.2) is 66.7 Å². The number of rotatable bonds is 8. The third-order valence-corrected chi connectivity index (χ3v) is 6.49. The van der Waals surface area contributed by atoms with Gasteiger partial charge < -0.3 is 24.4 Å². The summed E-state index contributed by atoms with van der Waals surface area (Å²) in [6.45, 7) is 1.42. The van der Waals surface area contributed by atoms with Crippen LogP contribution in [0.1, 0.15) is 22.8 Å². The molecule has 3 aromatic rings. The van der Waals surface area contributed by atoms with Gasteiger partial charge in [-0.05, 0) is 48.9 Å². The maximum atomic E-state index is 13.6. The summed E-state index contributed by atoms with van der Waals surface area (Å²) in [4.78, 5) is 54.5. The number of ketones is 1. The maximum absolute atomic E-state index is 13.6. The van der Waals surface area contributed by atoms with Gasteiger partial charge in [0.2, 0.25) is 18.6 Å². The number of methoxy groups -OCH3 is 1. The van der Waals surface area contributed by atoms with Crippen LogP contribution in [-0.4, -0.2) is 54.9 Å². The molecule has 1 N–H and O–H groups in total. The van der Waals surface area contributed by atoms with Crippen molar-refractivity contribution in [3.63, 3.8) is 0 Å². The van der Waals surface area contributed by atoms with Gasteiger partial charge in [-0.15, -0.1) is 0 Å². The van der Waals surface area contributed by atoms with Gasteiger partial charge >= 0.3 is 0 Å². The van der Waals surface area contributed by atoms with Crippen molar-refractivity contribution in [1.82, 2.24) is 4.90 Å². The number of benzene rings is 3. The summed E-state index contributed by atoms with van der Waals surface area (Å²) in [6.07, 6.45) is 0. The zero-order valence-corrected chi connectivity index (χ0v) is 20.8. The summed E-state index contributed by atoms with van der Waals surface area (Å²) in [5, 5.41) is 2.81. The fraction of sp³-hybridized carbons (Fsp3) is 0.214. The van der Waals surface area contributed by atoms with Crippen LogP contribution in [-0.2, 0) is 20.9 Å². The summed E-state index contributed by atoms with van der Waals surface area (Å²) in [6, 6.07) is 17.7. The summed E-state index contributed by atoms with van der Waals surface area (Å²) in [5.41, 5.74) is 1.86. The van der Waals surface area contributed by atoms with Gasteiger partial charge in [-0.1, -0.05) is 24.3 Å². The summed E-state index contributed by atoms with van der Waals surface area (Å²) in [5.74, 6) is -0.625. The molecular formula is C28H25N3O7. The standard InChI is InChI=1S/C28H25N3O7/c1-17(27(34)29-19-9-12-23-24(13-19)38-16-37-23)30(14-18-7-10-20(36-2)11-8-18)25(32)15-31-22-6-4-3-5-21(22)26(33)28(31)35/h3-13,17H,14-16H2,1-2H3,(H,29,34). The molecular weight excluding hydrogens is 490 g/mol. The molecule has 0 saturated heterocycles. The highest BCUT2D eigenvalue weighted by molar-refractivity contribution is 6.52. The lowest BCUT2D eigenvalue weighted by Gasteiger charge is -2.30. The van der Waals surface area contributed by atoms with Crippen LogP contribution in [0.4, 0.5) is 11.4 Å². The highest BCUT2D eigenvalue weighted by atomic mass is 16.7. The molecule has 2 aliphatic rings. The first-order chi connectivity index (χ1) is 18.4. The predicted octanol–water partition coefficient (Wildman–Crippen LogP) is 3.01. The molecule has 0 aliphatic carbocycles. The fourth-order valence-corrected chi connectivity index (χ4v) is 4.36. The number of carbonyl (C=O) groups excluding carboxylic acids is 4. The van der Waals surface area contributed by atoms with E-state index in [2.05, 4.69) is 5.32 Å². The quantitative estimate of drug-likeness (QED) is 0.459. The van der Waals surface area contributed by atoms with Crippen molar-refractivity contribution in [3.8, 4) is 17.2 Å². The van der Waals surface area contributed by atoms with Crippen molar-refractivity contribution < 1.29 is 33.4 Å². The van der Waals surface area contributed by atoms with Gasteiger partial charge in [0.25, 0.3) is 11.7 Å². The molecule has 2 heterocycles. The van der Waals surface area contributed by atoms with E-state index in [4.69, 9.17) is 14.2 Å². The monoisotopic (exact) mass is 515 g/mol. The first-order valence-electron chi connectivity index (χ1n) is 11.9. The number of ether oxygens (including phenoxy) is 3. The van der Waals surface area contributed by atoms with Crippen molar-refractivity contribution in [1.29, 1.82) is 0 Å². The van der Waals surface area contributed by atoms with Gasteiger partial charge in [-0.2, -0.15) is 0 Å². The normalized spacial score (nSPS) is 14.2. The van der Waals surface area contributed by atoms with Gasteiger partial charge in [-0.3, -0.25) is 24.1 Å². The third-order valence-electron chi connectivity index (χ3n) is 6.49. The first-order valence-corrected chi connectivity index (χ1v) is 11.9. The van der Waals surface area contributed by atoms with E-state index in [0.29, 0.717) is 28.6 Å². The van der Waals surface area contributed by atoms with Crippen LogP contribution in [0.25, 0.3) is 0 Å². The van der Waals surface area contributed by atoms with Crippen LogP contribution in [0.2, 0.25) is 0 Å². The van der Waals surface area contributed by atoms with E-state index in [-0.39, 0.29) is 25.4 Å². The second kappa shape index (κ2) is 10.3. The number of nitrogens with one attached hydrogen (secondary N) is 1. The molecule has 2 aliphatic heterocycles. The van der Waals surface area contributed by atoms with E-state index in [0.717, 1.165) is 10.5 Å². The number of para-hydroxylation sites is 1. The molecule has 5 rings (SSSR count). The number of hydrogen-bond acceptors (Lipinski definition) is 7. The summed E-state index contributed by atoms with van der Waals surface area (Å²) < 4.78 is 15.9. The molecule has 0 saturated carbocycles. The molecule has 0 spiro atoms. The van der Waals surface area contributed by atoms with Crippen LogP contribution >= 0.6 is 0 Å². The average molecular weight is 516 g/mol. The van der Waals surface area contributed by atoms with Gasteiger partial charge in [0.05, 0.1) is 18.4 Å². The Bertz CT molecular complexity index is 1420. The second-order valence-electron chi connectivity index (χ2n) is 8.84. The Labute approximate surface area is 218 Å². The number of Topliss-reactive ketones (excluding diaryl/α,β-unsaturated/α-hetero) is 1. The molecule has 3 amide bonds. The summed E-state index contributed by atoms with van der Waals surface area (Å²) >= 11 is 0. The average Bonchev–Trinajstić information content (AvgIpc) is 3.50. The molecule has 0 aromatic heterocycles. The minimum Gasteiger partial charge on any atom is -0.497 e. The molecule has 1 atom stereocenters. The molecule has 3 aromatic carbocycles. The SMILES string of the molecule is COc1ccc(CN(C(=O)CN2C(=O)C(=O)c3ccccc32)C(C)C(=O)Nc2ccc3c(c2)OCO3)cc1. The minimum absolute atomic E-state index is 0.0934. The van der Waals surface area contributed by atoms with Crippen LogP contribution in [0.5, 0.6) is 17.2 Å². The van der Waals surface area contributed by atoms with Crippen molar-refractivity contribution in [2.75, 3.05) is 30.7 Å². The van der Waals surface area contributed by atoms with Crippen LogP contribution in [0.3, 0.4) is 0 Å². The maximum Gasteiger partial charge on any atom is 0.299 e. The zero-order valence-electron chi connectivity index (χ0n) is 20.8. The molecule has 194 valence electrons. The Morgan fingerprint density at radius 1 is 1.03 bits per heavy atom. The lowest BCUT2D eigenvalue weighted by molar-refractivity contribution is -0.138. The van der Waals surface area contributed by atoms with E-state index in [9.17, 15) is 19.2 Å². The Hall–Kier alpha value is -4.86. The van der Waals surface area contributed by atoms with E-state index in [1.54, 1.807) is 80.8 Å². The highest BCUT2D eigenvalue weighted by Gasteiger charge is 2.38. The van der Waals surface area contributed by atoms with Crippen molar-refractivity contribution >= 4 is 34.9 Å². The van der Waals surface area contributed by atoms with E-state index in [1.807, 2.05) is 0 Å². The molecule has 10 heteroatoms. The Balaban J connectivity index is 1.38. The molecule has 10 nitrogen and oxygen atoms in total. The lowest BCUT2D eigenvalue weighted by atomic mass is 10.1. The number of carbonyl (C=O) groups is 4. The van der Waals surface area contributed by atoms with E-state index < -0.39 is 29.5 Å². The van der Waals surface area contributed by atoms with Gasteiger partial charge in [0, 0.05) is 18.3 Å². The van der Waals surface area contributed by atoms with Gasteiger partial charge in [0.15, 0.2) is 11.5 Å². The van der Waals surface area contributed by atoms with Crippen molar-refractivity contribution in [2.24, 2.45) is 0 Å². The molecule has 0 bridgehead atoms. The first kappa shape index (κ1) is 24.8. The Kier molecular flexibility index (Phi) is 6.69. The molecule has 0 radical (unpaired) electrons. The van der Waals surface area contributed by atoms with Gasteiger partial charge in [0.1, 0.15) is 18.3 Å². The highest BCUT2D eigenvalue weighted by Crippen LogP contribution is 2.34. The smallest absolute Gasteiger partial charge is 0.299 e. The van der Waals surface area contributed by atoms with Crippen molar-refractivity contribution in [3.05, 3.63) is 77.9 Å². The van der Waals surface area contributed by atoms with Crippen molar-refractivity contribution in [2.45, 2.75) is 19.5 Å². The fourth-order valence-electron chi connectivity index (χ4n) is 4.36. The predicted molar refractivity (Wildman–Crippen MR) is 137 cm³/mol. The van der Waals surface area contributed by atoms with Gasteiger partial charge in [-0.25, -0.2) is 0 Å². The third kappa shape index (κ3) is 4.75. The minimum atomic E-state index is -0.918. The molecule has 1 unspecified atom stereocenters. The van der Waals surface area contributed by atoms with Crippen LogP contribution < -0.4 is 24.4 Å². The summed E-state index contributed by atoms with van der Waals surface area (Å²) in [7, 11) is 1.56. The van der Waals surface area contributed by atoms with Crippen LogP contribution in [0, 0.1) is 0 Å². The molecule has 0 fully saturated rings. The Morgan fingerprint density at radius 3 is 2.53 bits per heavy atom. The number of amides is 3. The largest absolute Gasteiger partial charge is 0.497 e. The number of hydrogen-bond donors (Lipinski definition) is 1. The number of anilines is 2. The Morgan fingerprint density at radius 2 is 1.76 bits per heavy atom. The molecule has 38 heavy (non-hydrogen) atoms. The second-order valence-corrected chi connectivity index (χ2v) is 8.84. The zero-order chi connectivity index (χ0) is 26.8. The number of nitrogens with zero attached hydrogens (tertiary/aromatic N) is 2. The number of fused-ring (bicyclic) bond motifs is 2. The van der Waals surface area contributed by atoms with E-state index in [1.165, 1.54) is 4.90 Å².